The Hall–Kier alpha value is -1.06. The largest absolute Gasteiger partial charge is 0.493 e. The average Bonchev–Trinajstić information content (AvgIpc) is 2.74. The summed E-state index contributed by atoms with van der Waals surface area (Å²) in [6.45, 7) is 1.47. The van der Waals surface area contributed by atoms with Gasteiger partial charge in [0, 0.05) is 36.4 Å². The molecule has 1 aromatic carbocycles. The standard InChI is InChI=1S/C14H18ClNO2/c1-16(2)5-3-13(17)9-11-8-12(15)7-10-4-6-18-14(10)11/h7-8H,3-6,9H2,1-2H3. The van der Waals surface area contributed by atoms with Crippen molar-refractivity contribution < 1.29 is 9.53 Å². The Labute approximate surface area is 113 Å². The van der Waals surface area contributed by atoms with E-state index in [1.165, 1.54) is 0 Å². The van der Waals surface area contributed by atoms with Crippen molar-refractivity contribution in [2.75, 3.05) is 27.2 Å². The lowest BCUT2D eigenvalue weighted by atomic mass is 10.0. The first-order valence-electron chi connectivity index (χ1n) is 6.17. The fourth-order valence-electron chi connectivity index (χ4n) is 2.13. The van der Waals surface area contributed by atoms with Gasteiger partial charge in [-0.3, -0.25) is 4.79 Å². The molecule has 0 atom stereocenters. The van der Waals surface area contributed by atoms with E-state index in [0.717, 1.165) is 29.8 Å². The van der Waals surface area contributed by atoms with E-state index in [2.05, 4.69) is 0 Å². The van der Waals surface area contributed by atoms with Crippen molar-refractivity contribution in [3.8, 4) is 5.75 Å². The molecule has 0 aromatic heterocycles. The van der Waals surface area contributed by atoms with Gasteiger partial charge in [-0.25, -0.2) is 0 Å². The van der Waals surface area contributed by atoms with Gasteiger partial charge in [0.25, 0.3) is 0 Å². The molecule has 18 heavy (non-hydrogen) atoms. The van der Waals surface area contributed by atoms with Crippen LogP contribution in [-0.4, -0.2) is 37.9 Å². The normalized spacial score (nSPS) is 13.6. The van der Waals surface area contributed by atoms with E-state index in [1.54, 1.807) is 0 Å². The van der Waals surface area contributed by atoms with Crippen LogP contribution in [0.1, 0.15) is 17.5 Å². The average molecular weight is 268 g/mol. The molecule has 0 N–H and O–H groups in total. The van der Waals surface area contributed by atoms with Crippen molar-refractivity contribution in [3.05, 3.63) is 28.3 Å². The molecule has 1 aliphatic heterocycles. The second kappa shape index (κ2) is 5.72. The van der Waals surface area contributed by atoms with E-state index in [-0.39, 0.29) is 5.78 Å². The van der Waals surface area contributed by atoms with Crippen LogP contribution < -0.4 is 4.74 Å². The fourth-order valence-corrected chi connectivity index (χ4v) is 2.39. The topological polar surface area (TPSA) is 29.5 Å². The van der Waals surface area contributed by atoms with Gasteiger partial charge in [-0.05, 0) is 31.8 Å². The van der Waals surface area contributed by atoms with Crippen LogP contribution in [0.5, 0.6) is 5.75 Å². The van der Waals surface area contributed by atoms with Crippen molar-refractivity contribution in [2.24, 2.45) is 0 Å². The van der Waals surface area contributed by atoms with Crippen LogP contribution in [0.2, 0.25) is 5.02 Å². The molecule has 0 saturated heterocycles. The molecule has 0 amide bonds. The lowest BCUT2D eigenvalue weighted by Crippen LogP contribution is -2.17. The maximum absolute atomic E-state index is 11.9. The molecule has 4 heteroatoms. The summed E-state index contributed by atoms with van der Waals surface area (Å²) in [7, 11) is 3.93. The second-order valence-corrected chi connectivity index (χ2v) is 5.36. The van der Waals surface area contributed by atoms with Gasteiger partial charge in [-0.2, -0.15) is 0 Å². The SMILES string of the molecule is CN(C)CCC(=O)Cc1cc(Cl)cc2c1OCC2. The number of hydrogen-bond donors (Lipinski definition) is 0. The predicted molar refractivity (Wildman–Crippen MR) is 72.5 cm³/mol. The van der Waals surface area contributed by atoms with E-state index in [9.17, 15) is 4.79 Å². The van der Waals surface area contributed by atoms with Crippen molar-refractivity contribution in [2.45, 2.75) is 19.3 Å². The zero-order valence-corrected chi connectivity index (χ0v) is 11.6. The van der Waals surface area contributed by atoms with Gasteiger partial charge in [-0.15, -0.1) is 0 Å². The highest BCUT2D eigenvalue weighted by Gasteiger charge is 2.19. The van der Waals surface area contributed by atoms with Crippen molar-refractivity contribution in [1.82, 2.24) is 4.90 Å². The molecule has 0 fully saturated rings. The molecule has 1 aliphatic rings. The van der Waals surface area contributed by atoms with E-state index >= 15 is 0 Å². The number of rotatable bonds is 5. The first kappa shape index (κ1) is 13.4. The molecule has 1 aromatic rings. The first-order chi connectivity index (χ1) is 8.56. The Morgan fingerprint density at radius 2 is 2.22 bits per heavy atom. The second-order valence-electron chi connectivity index (χ2n) is 4.92. The summed E-state index contributed by atoms with van der Waals surface area (Å²) in [5.74, 6) is 1.10. The number of ether oxygens (including phenoxy) is 1. The number of nitrogens with zero attached hydrogens (tertiary/aromatic N) is 1. The van der Waals surface area contributed by atoms with E-state index in [1.807, 2.05) is 31.1 Å². The quantitative estimate of drug-likeness (QED) is 0.820. The van der Waals surface area contributed by atoms with Gasteiger partial charge in [0.2, 0.25) is 0 Å². The zero-order valence-electron chi connectivity index (χ0n) is 10.8. The Balaban J connectivity index is 2.07. The number of benzene rings is 1. The van der Waals surface area contributed by atoms with Crippen LogP contribution in [0.3, 0.4) is 0 Å². The summed E-state index contributed by atoms with van der Waals surface area (Å²) < 4.78 is 5.59. The minimum atomic E-state index is 0.226. The van der Waals surface area contributed by atoms with Crippen LogP contribution in [0, 0.1) is 0 Å². The van der Waals surface area contributed by atoms with Gasteiger partial charge >= 0.3 is 0 Å². The number of fused-ring (bicyclic) bond motifs is 1. The van der Waals surface area contributed by atoms with Crippen molar-refractivity contribution in [1.29, 1.82) is 0 Å². The van der Waals surface area contributed by atoms with Crippen LogP contribution in [0.15, 0.2) is 12.1 Å². The number of Topliss-reactive ketones (excluding diaryl/α,β-unsaturated/α-hetero) is 1. The third-order valence-electron chi connectivity index (χ3n) is 3.05. The molecule has 2 rings (SSSR count). The Morgan fingerprint density at radius 1 is 1.44 bits per heavy atom. The van der Waals surface area contributed by atoms with E-state index < -0.39 is 0 Å². The minimum Gasteiger partial charge on any atom is -0.493 e. The maximum atomic E-state index is 11.9. The molecule has 0 saturated carbocycles. The van der Waals surface area contributed by atoms with E-state index in [4.69, 9.17) is 16.3 Å². The van der Waals surface area contributed by atoms with Crippen LogP contribution in [0.4, 0.5) is 0 Å². The molecule has 98 valence electrons. The van der Waals surface area contributed by atoms with Crippen molar-refractivity contribution >= 4 is 17.4 Å². The molecular formula is C14H18ClNO2. The highest BCUT2D eigenvalue weighted by molar-refractivity contribution is 6.30. The number of carbonyl (C=O) groups is 1. The van der Waals surface area contributed by atoms with Crippen LogP contribution in [0.25, 0.3) is 0 Å². The Bertz CT molecular complexity index is 457. The number of carbonyl (C=O) groups excluding carboxylic acids is 1. The molecule has 0 unspecified atom stereocenters. The Kier molecular flexibility index (Phi) is 4.25. The molecule has 3 nitrogen and oxygen atoms in total. The lowest BCUT2D eigenvalue weighted by molar-refractivity contribution is -0.118. The summed E-state index contributed by atoms with van der Waals surface area (Å²) >= 11 is 6.06. The smallest absolute Gasteiger partial charge is 0.138 e. The molecule has 1 heterocycles. The van der Waals surface area contributed by atoms with Crippen LogP contribution >= 0.6 is 11.6 Å². The van der Waals surface area contributed by atoms with Gasteiger partial charge in [0.05, 0.1) is 6.61 Å². The van der Waals surface area contributed by atoms with Gasteiger partial charge in [0.15, 0.2) is 0 Å². The first-order valence-corrected chi connectivity index (χ1v) is 6.54. The summed E-state index contributed by atoms with van der Waals surface area (Å²) in [6.07, 6.45) is 1.86. The van der Waals surface area contributed by atoms with Gasteiger partial charge in [-0.1, -0.05) is 11.6 Å². The maximum Gasteiger partial charge on any atom is 0.138 e. The van der Waals surface area contributed by atoms with Gasteiger partial charge in [0.1, 0.15) is 11.5 Å². The lowest BCUT2D eigenvalue weighted by Gasteiger charge is -2.10. The molecule has 0 aliphatic carbocycles. The monoisotopic (exact) mass is 267 g/mol. The highest BCUT2D eigenvalue weighted by atomic mass is 35.5. The van der Waals surface area contributed by atoms with E-state index in [0.29, 0.717) is 24.5 Å². The molecular weight excluding hydrogens is 250 g/mol. The summed E-state index contributed by atoms with van der Waals surface area (Å²) in [5.41, 5.74) is 2.05. The predicted octanol–water partition coefficient (Wildman–Crippen LogP) is 2.34. The van der Waals surface area contributed by atoms with Crippen molar-refractivity contribution in [3.63, 3.8) is 0 Å². The zero-order chi connectivity index (χ0) is 13.1. The summed E-state index contributed by atoms with van der Waals surface area (Å²) in [5, 5.41) is 0.689. The minimum absolute atomic E-state index is 0.226. The molecule has 0 bridgehead atoms. The number of halogens is 1. The number of ketones is 1. The number of hydrogen-bond acceptors (Lipinski definition) is 3. The Morgan fingerprint density at radius 3 is 2.94 bits per heavy atom. The fraction of sp³-hybridized carbons (Fsp3) is 0.500. The highest BCUT2D eigenvalue weighted by Crippen LogP contribution is 2.33. The third-order valence-corrected chi connectivity index (χ3v) is 3.27. The van der Waals surface area contributed by atoms with Crippen LogP contribution in [-0.2, 0) is 17.6 Å². The summed E-state index contributed by atoms with van der Waals surface area (Å²) in [4.78, 5) is 13.9. The molecule has 0 radical (unpaired) electrons. The third kappa shape index (κ3) is 3.24. The molecule has 0 spiro atoms. The summed E-state index contributed by atoms with van der Waals surface area (Å²) in [6, 6.07) is 3.77. The van der Waals surface area contributed by atoms with Gasteiger partial charge < -0.3 is 9.64 Å².